The van der Waals surface area contributed by atoms with Gasteiger partial charge in [-0.05, 0) is 48.5 Å². The third-order valence-electron chi connectivity index (χ3n) is 4.15. The van der Waals surface area contributed by atoms with E-state index in [9.17, 15) is 12.8 Å². The van der Waals surface area contributed by atoms with E-state index in [0.29, 0.717) is 10.6 Å². The smallest absolute Gasteiger partial charge is 0.261 e. The van der Waals surface area contributed by atoms with Crippen LogP contribution < -0.4 is 9.46 Å². The molecule has 1 aromatic heterocycles. The Bertz CT molecular complexity index is 1300. The number of halogens is 2. The lowest BCUT2D eigenvalue weighted by atomic mass is 10.2. The number of hydrogen-bond acceptors (Lipinski definition) is 6. The fraction of sp³-hybridized carbons (Fsp3) is 0.0476. The Morgan fingerprint density at radius 1 is 1.00 bits per heavy atom. The highest BCUT2D eigenvalue weighted by molar-refractivity contribution is 7.92. The summed E-state index contributed by atoms with van der Waals surface area (Å²) in [5.74, 6) is -0.404. The molecule has 1 heterocycles. The van der Waals surface area contributed by atoms with Crippen molar-refractivity contribution in [3.05, 3.63) is 89.5 Å². The van der Waals surface area contributed by atoms with Gasteiger partial charge in [0.1, 0.15) is 0 Å². The maximum Gasteiger partial charge on any atom is 0.261 e. The molecule has 0 unspecified atom stereocenters. The van der Waals surface area contributed by atoms with Crippen LogP contribution in [0.2, 0.25) is 5.02 Å². The Balaban J connectivity index is 1.42. The number of hydrogen-bond donors (Lipinski definition) is 1. The van der Waals surface area contributed by atoms with Gasteiger partial charge in [0, 0.05) is 16.7 Å². The van der Waals surface area contributed by atoms with Crippen LogP contribution in [0.5, 0.6) is 5.75 Å². The summed E-state index contributed by atoms with van der Waals surface area (Å²) in [6.07, 6.45) is 0. The molecule has 0 radical (unpaired) electrons. The molecule has 31 heavy (non-hydrogen) atoms. The molecule has 0 spiro atoms. The first-order valence-corrected chi connectivity index (χ1v) is 10.9. The molecule has 10 heteroatoms. The first-order valence-electron chi connectivity index (χ1n) is 8.99. The minimum absolute atomic E-state index is 0.0662. The van der Waals surface area contributed by atoms with Crippen molar-refractivity contribution in [3.63, 3.8) is 0 Å². The van der Waals surface area contributed by atoms with Crippen molar-refractivity contribution in [1.82, 2.24) is 10.2 Å². The number of ether oxygens (including phenoxy) is 1. The Morgan fingerprint density at radius 2 is 1.74 bits per heavy atom. The number of sulfonamides is 1. The van der Waals surface area contributed by atoms with E-state index in [4.69, 9.17) is 20.8 Å². The summed E-state index contributed by atoms with van der Waals surface area (Å²) in [4.78, 5) is 0.0728. The molecule has 0 amide bonds. The van der Waals surface area contributed by atoms with Gasteiger partial charge in [0.15, 0.2) is 18.2 Å². The normalized spacial score (nSPS) is 11.3. The van der Waals surface area contributed by atoms with Gasteiger partial charge >= 0.3 is 0 Å². The first kappa shape index (κ1) is 20.8. The Morgan fingerprint density at radius 3 is 2.45 bits per heavy atom. The number of nitrogens with zero attached hydrogens (tertiary/aromatic N) is 2. The van der Waals surface area contributed by atoms with Crippen LogP contribution in [0.4, 0.5) is 10.1 Å². The fourth-order valence-electron chi connectivity index (χ4n) is 2.66. The van der Waals surface area contributed by atoms with Gasteiger partial charge in [-0.1, -0.05) is 29.8 Å². The molecule has 0 fully saturated rings. The number of nitrogens with one attached hydrogen (secondary N) is 1. The van der Waals surface area contributed by atoms with E-state index in [-0.39, 0.29) is 34.7 Å². The zero-order chi connectivity index (χ0) is 21.8. The molecule has 4 rings (SSSR count). The predicted octanol–water partition coefficient (Wildman–Crippen LogP) is 4.91. The third-order valence-corrected chi connectivity index (χ3v) is 5.80. The van der Waals surface area contributed by atoms with Crippen LogP contribution in [-0.4, -0.2) is 18.6 Å². The average molecular weight is 460 g/mol. The Labute approximate surface area is 182 Å². The van der Waals surface area contributed by atoms with Crippen LogP contribution >= 0.6 is 11.6 Å². The van der Waals surface area contributed by atoms with Crippen molar-refractivity contribution in [2.45, 2.75) is 11.5 Å². The second kappa shape index (κ2) is 8.75. The van der Waals surface area contributed by atoms with Gasteiger partial charge in [-0.15, -0.1) is 10.2 Å². The van der Waals surface area contributed by atoms with E-state index < -0.39 is 15.8 Å². The van der Waals surface area contributed by atoms with E-state index in [2.05, 4.69) is 14.9 Å². The summed E-state index contributed by atoms with van der Waals surface area (Å²) in [5, 5.41) is 8.37. The van der Waals surface area contributed by atoms with Crippen LogP contribution in [0.1, 0.15) is 5.89 Å². The molecule has 4 aromatic rings. The van der Waals surface area contributed by atoms with Crippen molar-refractivity contribution < 1.29 is 22.0 Å². The highest BCUT2D eigenvalue weighted by Crippen LogP contribution is 2.25. The predicted molar refractivity (Wildman–Crippen MR) is 113 cm³/mol. The van der Waals surface area contributed by atoms with Gasteiger partial charge in [0.25, 0.3) is 15.9 Å². The molecule has 7 nitrogen and oxygen atoms in total. The Kier molecular flexibility index (Phi) is 5.88. The lowest BCUT2D eigenvalue weighted by molar-refractivity contribution is 0.253. The SMILES string of the molecule is O=S(=O)(Nc1ccc(OCc2nnc(-c3ccc(Cl)cc3)o2)c(F)c1)c1ccccc1. The standard InChI is InChI=1S/C21H15ClFN3O4S/c22-15-8-6-14(7-9-15)21-25-24-20(30-21)13-29-19-11-10-16(12-18(19)23)26-31(27,28)17-4-2-1-3-5-17/h1-12,26H,13H2. The van der Waals surface area contributed by atoms with Crippen molar-refractivity contribution in [1.29, 1.82) is 0 Å². The van der Waals surface area contributed by atoms with E-state index in [1.54, 1.807) is 42.5 Å². The molecule has 0 saturated heterocycles. The highest BCUT2D eigenvalue weighted by Gasteiger charge is 2.15. The highest BCUT2D eigenvalue weighted by atomic mass is 35.5. The number of rotatable bonds is 7. The topological polar surface area (TPSA) is 94.3 Å². The fourth-order valence-corrected chi connectivity index (χ4v) is 3.85. The maximum absolute atomic E-state index is 14.4. The molecule has 3 aromatic carbocycles. The van der Waals surface area contributed by atoms with E-state index in [0.717, 1.165) is 6.07 Å². The average Bonchev–Trinajstić information content (AvgIpc) is 3.23. The molecular weight excluding hydrogens is 445 g/mol. The molecule has 0 atom stereocenters. The van der Waals surface area contributed by atoms with Gasteiger partial charge in [-0.2, -0.15) is 0 Å². The zero-order valence-corrected chi connectivity index (χ0v) is 17.4. The summed E-state index contributed by atoms with van der Waals surface area (Å²) in [7, 11) is -3.82. The Hall–Kier alpha value is -3.43. The van der Waals surface area contributed by atoms with E-state index in [1.165, 1.54) is 24.3 Å². The van der Waals surface area contributed by atoms with Gasteiger partial charge in [-0.25, -0.2) is 12.8 Å². The van der Waals surface area contributed by atoms with Crippen LogP contribution in [0, 0.1) is 5.82 Å². The van der Waals surface area contributed by atoms with Crippen molar-refractivity contribution in [3.8, 4) is 17.2 Å². The third kappa shape index (κ3) is 5.01. The first-order chi connectivity index (χ1) is 14.9. The van der Waals surface area contributed by atoms with E-state index in [1.807, 2.05) is 0 Å². The number of anilines is 1. The minimum Gasteiger partial charge on any atom is -0.481 e. The van der Waals surface area contributed by atoms with Crippen LogP contribution in [-0.2, 0) is 16.6 Å². The van der Waals surface area contributed by atoms with Gasteiger partial charge < -0.3 is 9.15 Å². The summed E-state index contributed by atoms with van der Waals surface area (Å²) in [6, 6.07) is 18.4. The van der Waals surface area contributed by atoms with Crippen LogP contribution in [0.3, 0.4) is 0 Å². The van der Waals surface area contributed by atoms with Gasteiger partial charge in [0.2, 0.25) is 5.89 Å². The number of aromatic nitrogens is 2. The van der Waals surface area contributed by atoms with Crippen LogP contribution in [0.25, 0.3) is 11.5 Å². The molecule has 0 saturated carbocycles. The van der Waals surface area contributed by atoms with Crippen molar-refractivity contribution in [2.24, 2.45) is 0 Å². The molecular formula is C21H15ClFN3O4S. The van der Waals surface area contributed by atoms with Gasteiger partial charge in [0.05, 0.1) is 10.6 Å². The summed E-state index contributed by atoms with van der Waals surface area (Å²) >= 11 is 5.85. The van der Waals surface area contributed by atoms with E-state index >= 15 is 0 Å². The lowest BCUT2D eigenvalue weighted by Gasteiger charge is -2.10. The molecule has 1 N–H and O–H groups in total. The molecule has 0 aliphatic carbocycles. The maximum atomic E-state index is 14.4. The summed E-state index contributed by atoms with van der Waals surface area (Å²) < 4.78 is 52.3. The van der Waals surface area contributed by atoms with Crippen LogP contribution in [0.15, 0.2) is 82.1 Å². The number of benzene rings is 3. The quantitative estimate of drug-likeness (QED) is 0.422. The largest absolute Gasteiger partial charge is 0.481 e. The molecule has 0 aliphatic rings. The van der Waals surface area contributed by atoms with Crippen molar-refractivity contribution >= 4 is 27.3 Å². The molecule has 0 bridgehead atoms. The molecule has 0 aliphatic heterocycles. The summed E-state index contributed by atoms with van der Waals surface area (Å²) in [5.41, 5.74) is 0.751. The van der Waals surface area contributed by atoms with Crippen molar-refractivity contribution in [2.75, 3.05) is 4.72 Å². The second-order valence-corrected chi connectivity index (χ2v) is 8.48. The second-order valence-electron chi connectivity index (χ2n) is 6.36. The monoisotopic (exact) mass is 459 g/mol. The zero-order valence-electron chi connectivity index (χ0n) is 15.8. The molecule has 158 valence electrons. The van der Waals surface area contributed by atoms with Gasteiger partial charge in [-0.3, -0.25) is 4.72 Å². The lowest BCUT2D eigenvalue weighted by Crippen LogP contribution is -2.13. The minimum atomic E-state index is -3.82. The summed E-state index contributed by atoms with van der Waals surface area (Å²) in [6.45, 7) is -0.160.